The number of ether oxygens (including phenoxy) is 2. The number of methoxy groups -OCH3 is 2. The first-order valence-electron chi connectivity index (χ1n) is 13.1. The number of carbonyl (C=O) groups excluding carboxylic acids is 2. The SMILES string of the molecule is COc1ccc(CCN(Cc2cccs2)C(=O)CN(C(=O)c2ccc(F)cc2)C2CCCCC2)cc1OC. The molecule has 6 nitrogen and oxygen atoms in total. The zero-order valence-corrected chi connectivity index (χ0v) is 22.8. The zero-order chi connectivity index (χ0) is 26.9. The van der Waals surface area contributed by atoms with Gasteiger partial charge >= 0.3 is 0 Å². The Morgan fingerprint density at radius 3 is 2.37 bits per heavy atom. The topological polar surface area (TPSA) is 59.1 Å². The summed E-state index contributed by atoms with van der Waals surface area (Å²) in [5.41, 5.74) is 1.43. The summed E-state index contributed by atoms with van der Waals surface area (Å²) in [6, 6.07) is 15.3. The average Bonchev–Trinajstić information content (AvgIpc) is 3.47. The fourth-order valence-corrected chi connectivity index (χ4v) is 5.67. The number of rotatable bonds is 11. The second-order valence-electron chi connectivity index (χ2n) is 9.57. The Balaban J connectivity index is 1.53. The number of nitrogens with zero attached hydrogens (tertiary/aromatic N) is 2. The molecule has 0 spiro atoms. The second-order valence-corrected chi connectivity index (χ2v) is 10.6. The van der Waals surface area contributed by atoms with Gasteiger partial charge in [-0.1, -0.05) is 31.4 Å². The van der Waals surface area contributed by atoms with Crippen LogP contribution in [0.25, 0.3) is 0 Å². The molecule has 38 heavy (non-hydrogen) atoms. The van der Waals surface area contributed by atoms with Crippen molar-refractivity contribution in [1.82, 2.24) is 9.80 Å². The van der Waals surface area contributed by atoms with Gasteiger partial charge in [0.05, 0.1) is 20.8 Å². The average molecular weight is 539 g/mol. The van der Waals surface area contributed by atoms with Crippen molar-refractivity contribution in [3.8, 4) is 11.5 Å². The fraction of sp³-hybridized carbons (Fsp3) is 0.400. The van der Waals surface area contributed by atoms with Crippen LogP contribution in [0.1, 0.15) is 52.9 Å². The molecule has 4 rings (SSSR count). The molecule has 0 N–H and O–H groups in total. The van der Waals surface area contributed by atoms with Crippen LogP contribution < -0.4 is 9.47 Å². The predicted molar refractivity (Wildman–Crippen MR) is 147 cm³/mol. The van der Waals surface area contributed by atoms with E-state index in [0.717, 1.165) is 42.5 Å². The van der Waals surface area contributed by atoms with Crippen molar-refractivity contribution in [2.45, 2.75) is 51.1 Å². The predicted octanol–water partition coefficient (Wildman–Crippen LogP) is 5.95. The molecule has 8 heteroatoms. The van der Waals surface area contributed by atoms with Gasteiger partial charge in [-0.25, -0.2) is 4.39 Å². The molecule has 0 unspecified atom stereocenters. The highest BCUT2D eigenvalue weighted by atomic mass is 32.1. The fourth-order valence-electron chi connectivity index (χ4n) is 4.95. The zero-order valence-electron chi connectivity index (χ0n) is 22.0. The minimum Gasteiger partial charge on any atom is -0.493 e. The van der Waals surface area contributed by atoms with E-state index in [9.17, 15) is 14.0 Å². The minimum absolute atomic E-state index is 0.000287. The maximum Gasteiger partial charge on any atom is 0.254 e. The molecule has 0 radical (unpaired) electrons. The second kappa shape index (κ2) is 13.4. The molecule has 0 bridgehead atoms. The van der Waals surface area contributed by atoms with Crippen molar-refractivity contribution in [3.05, 3.63) is 81.8 Å². The maximum absolute atomic E-state index is 13.8. The molecule has 1 saturated carbocycles. The third kappa shape index (κ3) is 7.13. The van der Waals surface area contributed by atoms with Gasteiger partial charge in [-0.05, 0) is 72.7 Å². The van der Waals surface area contributed by atoms with E-state index in [-0.39, 0.29) is 30.2 Å². The molecule has 202 valence electrons. The van der Waals surface area contributed by atoms with Crippen LogP contribution in [0.15, 0.2) is 60.0 Å². The first kappa shape index (κ1) is 27.6. The normalized spacial score (nSPS) is 13.7. The van der Waals surface area contributed by atoms with Crippen LogP contribution in [0.4, 0.5) is 4.39 Å². The molecule has 1 fully saturated rings. The largest absolute Gasteiger partial charge is 0.493 e. The van der Waals surface area contributed by atoms with Crippen molar-refractivity contribution < 1.29 is 23.5 Å². The third-order valence-electron chi connectivity index (χ3n) is 7.07. The molecule has 1 aliphatic carbocycles. The molecular formula is C30H35FN2O4S. The molecule has 1 aliphatic rings. The summed E-state index contributed by atoms with van der Waals surface area (Å²) >= 11 is 1.61. The highest BCUT2D eigenvalue weighted by Gasteiger charge is 2.30. The van der Waals surface area contributed by atoms with Gasteiger partial charge in [0.25, 0.3) is 5.91 Å². The van der Waals surface area contributed by atoms with Gasteiger partial charge in [0.15, 0.2) is 11.5 Å². The number of hydrogen-bond donors (Lipinski definition) is 0. The molecule has 0 saturated heterocycles. The number of thiophene rings is 1. The summed E-state index contributed by atoms with van der Waals surface area (Å²) < 4.78 is 24.3. The molecule has 0 atom stereocenters. The Labute approximate surface area is 228 Å². The lowest BCUT2D eigenvalue weighted by atomic mass is 9.93. The van der Waals surface area contributed by atoms with Crippen LogP contribution in [0.3, 0.4) is 0 Å². The van der Waals surface area contributed by atoms with Gasteiger partial charge in [0, 0.05) is 23.0 Å². The Morgan fingerprint density at radius 2 is 1.71 bits per heavy atom. The van der Waals surface area contributed by atoms with Crippen LogP contribution >= 0.6 is 11.3 Å². The lowest BCUT2D eigenvalue weighted by molar-refractivity contribution is -0.133. The summed E-state index contributed by atoms with van der Waals surface area (Å²) in [7, 11) is 3.20. The van der Waals surface area contributed by atoms with Gasteiger partial charge in [-0.15, -0.1) is 11.3 Å². The van der Waals surface area contributed by atoms with E-state index >= 15 is 0 Å². The Kier molecular flexibility index (Phi) is 9.76. The number of hydrogen-bond acceptors (Lipinski definition) is 5. The van der Waals surface area contributed by atoms with Crippen LogP contribution in [0.5, 0.6) is 11.5 Å². The Hall–Kier alpha value is -3.39. The van der Waals surface area contributed by atoms with E-state index in [1.165, 1.54) is 24.3 Å². The maximum atomic E-state index is 13.8. The number of benzene rings is 2. The molecule has 1 aromatic heterocycles. The summed E-state index contributed by atoms with van der Waals surface area (Å²) in [5, 5.41) is 2.00. The molecule has 0 aliphatic heterocycles. The van der Waals surface area contributed by atoms with Crippen LogP contribution in [-0.4, -0.2) is 55.0 Å². The van der Waals surface area contributed by atoms with Crippen LogP contribution in [-0.2, 0) is 17.8 Å². The lowest BCUT2D eigenvalue weighted by Crippen LogP contribution is -2.48. The highest BCUT2D eigenvalue weighted by molar-refractivity contribution is 7.09. The lowest BCUT2D eigenvalue weighted by Gasteiger charge is -2.35. The standard InChI is InChI=1S/C30H35FN2O4S/c1-36-27-15-10-22(19-28(27)37-2)16-17-32(20-26-9-6-18-38-26)29(34)21-33(25-7-4-3-5-8-25)30(35)23-11-13-24(31)14-12-23/h6,9-15,18-19,25H,3-5,7-8,16-17,20-21H2,1-2H3. The van der Waals surface area contributed by atoms with E-state index in [1.807, 2.05) is 40.6 Å². The van der Waals surface area contributed by atoms with E-state index < -0.39 is 0 Å². The first-order valence-corrected chi connectivity index (χ1v) is 13.9. The van der Waals surface area contributed by atoms with Crippen molar-refractivity contribution in [2.75, 3.05) is 27.3 Å². The number of carbonyl (C=O) groups is 2. The van der Waals surface area contributed by atoms with Gasteiger partial charge in [0.1, 0.15) is 12.4 Å². The van der Waals surface area contributed by atoms with Crippen molar-refractivity contribution in [3.63, 3.8) is 0 Å². The molecule has 2 aromatic carbocycles. The van der Waals surface area contributed by atoms with Crippen molar-refractivity contribution in [1.29, 1.82) is 0 Å². The van der Waals surface area contributed by atoms with Crippen LogP contribution in [0, 0.1) is 5.82 Å². The van der Waals surface area contributed by atoms with Gasteiger partial charge < -0.3 is 19.3 Å². The van der Waals surface area contributed by atoms with E-state index in [4.69, 9.17) is 9.47 Å². The van der Waals surface area contributed by atoms with Gasteiger partial charge in [0.2, 0.25) is 5.91 Å². The molecular weight excluding hydrogens is 503 g/mol. The van der Waals surface area contributed by atoms with Gasteiger partial charge in [-0.3, -0.25) is 9.59 Å². The number of halogens is 1. The quantitative estimate of drug-likeness (QED) is 0.303. The van der Waals surface area contributed by atoms with E-state index in [1.54, 1.807) is 30.5 Å². The Morgan fingerprint density at radius 1 is 0.974 bits per heavy atom. The summed E-state index contributed by atoms with van der Waals surface area (Å²) in [6.45, 7) is 0.973. The minimum atomic E-state index is -0.390. The molecule has 1 heterocycles. The van der Waals surface area contributed by atoms with Crippen molar-refractivity contribution in [2.24, 2.45) is 0 Å². The summed E-state index contributed by atoms with van der Waals surface area (Å²) in [5.74, 6) is 0.597. The molecule has 2 amide bonds. The van der Waals surface area contributed by atoms with E-state index in [2.05, 4.69) is 0 Å². The smallest absolute Gasteiger partial charge is 0.254 e. The van der Waals surface area contributed by atoms with Crippen LogP contribution in [0.2, 0.25) is 0 Å². The Bertz CT molecular complexity index is 1190. The van der Waals surface area contributed by atoms with Gasteiger partial charge in [-0.2, -0.15) is 0 Å². The third-order valence-corrected chi connectivity index (χ3v) is 7.93. The monoisotopic (exact) mass is 538 g/mol. The highest BCUT2D eigenvalue weighted by Crippen LogP contribution is 2.28. The van der Waals surface area contributed by atoms with Crippen molar-refractivity contribution >= 4 is 23.2 Å². The summed E-state index contributed by atoms with van der Waals surface area (Å²) in [6.07, 6.45) is 5.58. The van der Waals surface area contributed by atoms with E-state index in [0.29, 0.717) is 36.6 Å². The summed E-state index contributed by atoms with van der Waals surface area (Å²) in [4.78, 5) is 32.0. The number of amides is 2. The molecule has 3 aromatic rings. The first-order chi connectivity index (χ1) is 18.5.